The number of nitrogens with one attached hydrogen (secondary N) is 1. The summed E-state index contributed by atoms with van der Waals surface area (Å²) < 4.78 is 1.70. The molecule has 4 rings (SSSR count). The van der Waals surface area contributed by atoms with Gasteiger partial charge in [0, 0.05) is 42.0 Å². The zero-order valence-corrected chi connectivity index (χ0v) is 16.8. The van der Waals surface area contributed by atoms with E-state index in [2.05, 4.69) is 10.4 Å². The fraction of sp³-hybridized carbons (Fsp3) is 0.400. The molecule has 2 aromatic rings. The Balaban J connectivity index is 1.55. The Bertz CT molecular complexity index is 979. The monoisotopic (exact) mass is 413 g/mol. The van der Waals surface area contributed by atoms with Crippen LogP contribution in [0.5, 0.6) is 0 Å². The molecule has 3 heterocycles. The number of para-hydroxylation sites is 1. The molecule has 0 saturated carbocycles. The molecule has 0 radical (unpaired) electrons. The first kappa shape index (κ1) is 19.5. The van der Waals surface area contributed by atoms with Crippen molar-refractivity contribution in [1.29, 1.82) is 0 Å². The predicted octanol–water partition coefficient (Wildman–Crippen LogP) is 0.855. The first-order valence-corrected chi connectivity index (χ1v) is 10.7. The highest BCUT2D eigenvalue weighted by molar-refractivity contribution is 7.98. The van der Waals surface area contributed by atoms with E-state index in [1.54, 1.807) is 16.4 Å². The number of piperidine rings is 1. The van der Waals surface area contributed by atoms with Crippen molar-refractivity contribution in [2.45, 2.75) is 31.3 Å². The van der Waals surface area contributed by atoms with Gasteiger partial charge in [-0.1, -0.05) is 18.2 Å². The van der Waals surface area contributed by atoms with Crippen LogP contribution in [0.3, 0.4) is 0 Å². The van der Waals surface area contributed by atoms with E-state index in [0.29, 0.717) is 18.7 Å². The van der Waals surface area contributed by atoms with Crippen molar-refractivity contribution in [2.24, 2.45) is 5.92 Å². The van der Waals surface area contributed by atoms with Crippen molar-refractivity contribution >= 4 is 35.4 Å². The normalized spacial score (nSPS) is 16.5. The van der Waals surface area contributed by atoms with Crippen LogP contribution in [0.1, 0.15) is 29.7 Å². The number of rotatable bonds is 3. The van der Waals surface area contributed by atoms with Crippen LogP contribution in [0.25, 0.3) is 5.69 Å². The van der Waals surface area contributed by atoms with Gasteiger partial charge in [-0.25, -0.2) is 4.68 Å². The average Bonchev–Trinajstić information content (AvgIpc) is 3.30. The van der Waals surface area contributed by atoms with Crippen LogP contribution in [-0.4, -0.2) is 45.6 Å². The lowest BCUT2D eigenvalue weighted by Gasteiger charge is -2.31. The fourth-order valence-corrected chi connectivity index (χ4v) is 4.77. The molecular weight excluding hydrogens is 392 g/mol. The molecule has 0 unspecified atom stereocenters. The maximum absolute atomic E-state index is 12.7. The molecule has 1 fully saturated rings. The number of carboxylic acids is 1. The summed E-state index contributed by atoms with van der Waals surface area (Å²) in [6.07, 6.45) is 0.600. The van der Waals surface area contributed by atoms with E-state index in [-0.39, 0.29) is 13.1 Å². The summed E-state index contributed by atoms with van der Waals surface area (Å²) in [5, 5.41) is 18.4. The van der Waals surface area contributed by atoms with Crippen LogP contribution in [0.2, 0.25) is 0 Å². The van der Waals surface area contributed by atoms with Crippen LogP contribution in [-0.2, 0) is 25.9 Å². The topological polar surface area (TPSA) is 107 Å². The van der Waals surface area contributed by atoms with E-state index in [0.717, 1.165) is 34.0 Å². The summed E-state index contributed by atoms with van der Waals surface area (Å²) in [7, 11) is 0. The fourth-order valence-electron chi connectivity index (χ4n) is 3.74. The third kappa shape index (κ3) is 3.74. The molecule has 29 heavy (non-hydrogen) atoms. The van der Waals surface area contributed by atoms with Gasteiger partial charge in [-0.15, -0.1) is 0 Å². The van der Waals surface area contributed by atoms with Gasteiger partial charge in [0.15, 0.2) is 0 Å². The van der Waals surface area contributed by atoms with Gasteiger partial charge in [0.25, 0.3) is 0 Å². The van der Waals surface area contributed by atoms with Crippen molar-refractivity contribution in [3.05, 3.63) is 41.1 Å². The molecule has 1 N–H and O–H groups in total. The third-order valence-corrected chi connectivity index (χ3v) is 6.41. The van der Waals surface area contributed by atoms with Crippen LogP contribution in [0.4, 0.5) is 5.82 Å². The quantitative estimate of drug-likeness (QED) is 0.748. The molecule has 0 atom stereocenters. The van der Waals surface area contributed by atoms with Gasteiger partial charge in [-0.05, 0) is 31.4 Å². The Labute approximate surface area is 172 Å². The lowest BCUT2D eigenvalue weighted by Crippen LogP contribution is -2.47. The summed E-state index contributed by atoms with van der Waals surface area (Å²) in [5.41, 5.74) is 3.71. The largest absolute Gasteiger partial charge is 0.550 e. The summed E-state index contributed by atoms with van der Waals surface area (Å²) in [6.45, 7) is 2.43. The number of hydrogen-bond acceptors (Lipinski definition) is 6. The second-order valence-electron chi connectivity index (χ2n) is 7.30. The Morgan fingerprint density at radius 1 is 1.17 bits per heavy atom. The lowest BCUT2D eigenvalue weighted by molar-refractivity contribution is -0.312. The molecule has 1 aromatic carbocycles. The number of hydrogen-bond donors (Lipinski definition) is 1. The van der Waals surface area contributed by atoms with Gasteiger partial charge in [0.2, 0.25) is 0 Å². The highest BCUT2D eigenvalue weighted by Crippen LogP contribution is 2.36. The first-order valence-electron chi connectivity index (χ1n) is 9.51. The van der Waals surface area contributed by atoms with Crippen molar-refractivity contribution in [3.63, 3.8) is 0 Å². The van der Waals surface area contributed by atoms with E-state index in [1.165, 1.54) is 4.90 Å². The molecule has 2 aliphatic heterocycles. The second kappa shape index (κ2) is 7.90. The number of nitrogens with zero attached hydrogens (tertiary/aromatic N) is 3. The molecule has 1 saturated heterocycles. The molecule has 0 aliphatic carbocycles. The standard InChI is InChI=1S/C20H22N4O4S/c1-12-4-2-3-5-16(12)24-17(14-10-29-11-15(14)22-24)21-18(25)19(26)23-8-6-13(7-9-23)20(27)28/h2-5,13H,6-11H2,1H3,(H,21,25)(H,27,28)/p-1. The van der Waals surface area contributed by atoms with Gasteiger partial charge in [-0.3, -0.25) is 9.59 Å². The number of benzene rings is 1. The Morgan fingerprint density at radius 2 is 1.90 bits per heavy atom. The maximum Gasteiger partial charge on any atom is 0.315 e. The number of aromatic nitrogens is 2. The molecule has 0 spiro atoms. The lowest BCUT2D eigenvalue weighted by atomic mass is 9.97. The zero-order valence-electron chi connectivity index (χ0n) is 16.0. The highest BCUT2D eigenvalue weighted by atomic mass is 32.2. The van der Waals surface area contributed by atoms with Crippen LogP contribution >= 0.6 is 11.8 Å². The number of carboxylic acid groups (broad SMARTS) is 1. The molecule has 9 heteroatoms. The van der Waals surface area contributed by atoms with E-state index in [1.807, 2.05) is 31.2 Å². The van der Waals surface area contributed by atoms with Crippen molar-refractivity contribution in [3.8, 4) is 5.69 Å². The molecule has 1 aromatic heterocycles. The van der Waals surface area contributed by atoms with E-state index in [9.17, 15) is 19.5 Å². The van der Waals surface area contributed by atoms with Crippen molar-refractivity contribution < 1.29 is 19.5 Å². The maximum atomic E-state index is 12.7. The molecule has 8 nitrogen and oxygen atoms in total. The number of likely N-dealkylation sites (tertiary alicyclic amines) is 1. The van der Waals surface area contributed by atoms with Crippen LogP contribution < -0.4 is 10.4 Å². The van der Waals surface area contributed by atoms with Crippen LogP contribution in [0, 0.1) is 12.8 Å². The Kier molecular flexibility index (Phi) is 5.31. The highest BCUT2D eigenvalue weighted by Gasteiger charge is 2.30. The van der Waals surface area contributed by atoms with Gasteiger partial charge in [-0.2, -0.15) is 16.9 Å². The second-order valence-corrected chi connectivity index (χ2v) is 8.29. The molecular formula is C20H21N4O4S-. The number of aliphatic carboxylic acids is 1. The number of amides is 2. The van der Waals surface area contributed by atoms with Gasteiger partial charge < -0.3 is 20.1 Å². The minimum atomic E-state index is -1.10. The smallest absolute Gasteiger partial charge is 0.315 e. The van der Waals surface area contributed by atoms with E-state index in [4.69, 9.17) is 0 Å². The van der Waals surface area contributed by atoms with Crippen LogP contribution in [0.15, 0.2) is 24.3 Å². The number of aryl methyl sites for hydroxylation is 1. The number of carbonyl (C=O) groups is 3. The third-order valence-electron chi connectivity index (χ3n) is 5.44. The number of fused-ring (bicyclic) bond motifs is 1. The number of carbonyl (C=O) groups excluding carboxylic acids is 3. The average molecular weight is 413 g/mol. The summed E-state index contributed by atoms with van der Waals surface area (Å²) in [5.74, 6) is -1.03. The molecule has 152 valence electrons. The predicted molar refractivity (Wildman–Crippen MR) is 106 cm³/mol. The minimum Gasteiger partial charge on any atom is -0.550 e. The van der Waals surface area contributed by atoms with Crippen molar-refractivity contribution in [2.75, 3.05) is 18.4 Å². The number of anilines is 1. The minimum absolute atomic E-state index is 0.232. The zero-order chi connectivity index (χ0) is 20.5. The SMILES string of the molecule is Cc1ccccc1-n1nc2c(c1NC(=O)C(=O)N1CCC(C(=O)[O-])CC1)CSC2. The first-order chi connectivity index (χ1) is 14.0. The number of thioether (sulfide) groups is 1. The van der Waals surface area contributed by atoms with Gasteiger partial charge >= 0.3 is 11.8 Å². The molecule has 2 amide bonds. The summed E-state index contributed by atoms with van der Waals surface area (Å²) >= 11 is 1.71. The molecule has 0 bridgehead atoms. The van der Waals surface area contributed by atoms with Gasteiger partial charge in [0.05, 0.1) is 11.4 Å². The summed E-state index contributed by atoms with van der Waals surface area (Å²) in [4.78, 5) is 37.7. The molecule has 2 aliphatic rings. The van der Waals surface area contributed by atoms with E-state index < -0.39 is 23.7 Å². The Morgan fingerprint density at radius 3 is 2.59 bits per heavy atom. The van der Waals surface area contributed by atoms with Crippen molar-refractivity contribution in [1.82, 2.24) is 14.7 Å². The van der Waals surface area contributed by atoms with Gasteiger partial charge in [0.1, 0.15) is 5.82 Å². The van der Waals surface area contributed by atoms with E-state index >= 15 is 0 Å². The Hall–Kier alpha value is -2.81. The summed E-state index contributed by atoms with van der Waals surface area (Å²) in [6, 6.07) is 7.73.